The molecule has 2 heterocycles. The van der Waals surface area contributed by atoms with Gasteiger partial charge in [0.15, 0.2) is 0 Å². The van der Waals surface area contributed by atoms with Gasteiger partial charge in [-0.05, 0) is 42.6 Å². The highest BCUT2D eigenvalue weighted by Gasteiger charge is 2.15. The highest BCUT2D eigenvalue weighted by Crippen LogP contribution is 2.20. The molecule has 0 aliphatic rings. The lowest BCUT2D eigenvalue weighted by Gasteiger charge is -2.24. The minimum Gasteiger partial charge on any atom is -0.481 e. The molecule has 0 saturated carbocycles. The van der Waals surface area contributed by atoms with Crippen LogP contribution >= 0.6 is 11.3 Å². The molecule has 0 fully saturated rings. The van der Waals surface area contributed by atoms with Crippen molar-refractivity contribution in [3.05, 3.63) is 40.7 Å². The first-order valence-corrected chi connectivity index (χ1v) is 7.78. The summed E-state index contributed by atoms with van der Waals surface area (Å²) in [7, 11) is 5.54. The fourth-order valence-corrected chi connectivity index (χ4v) is 2.71. The second kappa shape index (κ2) is 7.77. The number of carbonyl (C=O) groups is 1. The Bertz CT molecular complexity index is 584. The Labute approximate surface area is 134 Å². The van der Waals surface area contributed by atoms with Gasteiger partial charge in [-0.25, -0.2) is 9.78 Å². The second-order valence-corrected chi connectivity index (χ2v) is 5.74. The van der Waals surface area contributed by atoms with Crippen molar-refractivity contribution < 1.29 is 9.53 Å². The Morgan fingerprint density at radius 1 is 1.41 bits per heavy atom. The van der Waals surface area contributed by atoms with Gasteiger partial charge >= 0.3 is 6.03 Å². The number of nitrogens with one attached hydrogen (secondary N) is 2. The molecule has 0 aliphatic carbocycles. The molecule has 0 aliphatic heterocycles. The van der Waals surface area contributed by atoms with Gasteiger partial charge in [-0.1, -0.05) is 0 Å². The van der Waals surface area contributed by atoms with Crippen LogP contribution in [0.5, 0.6) is 5.88 Å². The fraction of sp³-hybridized carbons (Fsp3) is 0.333. The Morgan fingerprint density at radius 3 is 2.77 bits per heavy atom. The standard InChI is InChI=1S/C15H20N4O2S/c1-19(2)13(11-6-7-22-10-11)9-17-15(20)18-12-4-5-14(21-3)16-8-12/h4-8,10,13H,9H2,1-3H3,(H2,17,18,20)/t13-/m1/s1. The summed E-state index contributed by atoms with van der Waals surface area (Å²) < 4.78 is 4.98. The quantitative estimate of drug-likeness (QED) is 0.858. The lowest BCUT2D eigenvalue weighted by molar-refractivity contribution is 0.243. The number of thiophene rings is 1. The third-order valence-corrected chi connectivity index (χ3v) is 3.91. The summed E-state index contributed by atoms with van der Waals surface area (Å²) in [6, 6.07) is 5.40. The Balaban J connectivity index is 1.88. The summed E-state index contributed by atoms with van der Waals surface area (Å²) in [6.45, 7) is 0.527. The van der Waals surface area contributed by atoms with Crippen molar-refractivity contribution in [1.82, 2.24) is 15.2 Å². The molecule has 0 unspecified atom stereocenters. The van der Waals surface area contributed by atoms with Crippen LogP contribution in [0, 0.1) is 0 Å². The van der Waals surface area contributed by atoms with E-state index in [0.717, 1.165) is 0 Å². The maximum atomic E-state index is 12.0. The number of ether oxygens (including phenoxy) is 1. The van der Waals surface area contributed by atoms with Crippen molar-refractivity contribution in [2.24, 2.45) is 0 Å². The number of methoxy groups -OCH3 is 1. The first kappa shape index (κ1) is 16.3. The maximum Gasteiger partial charge on any atom is 0.319 e. The summed E-state index contributed by atoms with van der Waals surface area (Å²) in [5, 5.41) is 9.76. The first-order chi connectivity index (χ1) is 10.6. The van der Waals surface area contributed by atoms with E-state index in [2.05, 4.69) is 32.0 Å². The fourth-order valence-electron chi connectivity index (χ4n) is 2.00. The lowest BCUT2D eigenvalue weighted by Crippen LogP contribution is -2.36. The first-order valence-electron chi connectivity index (χ1n) is 6.83. The number of nitrogens with zero attached hydrogens (tertiary/aromatic N) is 2. The van der Waals surface area contributed by atoms with Gasteiger partial charge in [-0.2, -0.15) is 11.3 Å². The Kier molecular flexibility index (Phi) is 5.74. The van der Waals surface area contributed by atoms with Crippen LogP contribution in [-0.4, -0.2) is 43.7 Å². The van der Waals surface area contributed by atoms with Crippen LogP contribution in [0.15, 0.2) is 35.2 Å². The molecule has 2 amide bonds. The van der Waals surface area contributed by atoms with E-state index < -0.39 is 0 Å². The number of hydrogen-bond donors (Lipinski definition) is 2. The average Bonchev–Trinajstić information content (AvgIpc) is 3.02. The number of pyridine rings is 1. The van der Waals surface area contributed by atoms with Crippen LogP contribution in [0.1, 0.15) is 11.6 Å². The third-order valence-electron chi connectivity index (χ3n) is 3.21. The molecule has 1 atom stereocenters. The average molecular weight is 320 g/mol. The van der Waals surface area contributed by atoms with Gasteiger partial charge in [0.25, 0.3) is 0 Å². The number of hydrogen-bond acceptors (Lipinski definition) is 5. The number of aromatic nitrogens is 1. The van der Waals surface area contributed by atoms with Gasteiger partial charge in [0.2, 0.25) is 5.88 Å². The molecule has 6 nitrogen and oxygen atoms in total. The maximum absolute atomic E-state index is 12.0. The van der Waals surface area contributed by atoms with Crippen molar-refractivity contribution in [2.75, 3.05) is 33.1 Å². The van der Waals surface area contributed by atoms with Gasteiger partial charge in [0.1, 0.15) is 0 Å². The third kappa shape index (κ3) is 4.44. The monoisotopic (exact) mass is 320 g/mol. The molecule has 2 aromatic heterocycles. The Morgan fingerprint density at radius 2 is 2.23 bits per heavy atom. The SMILES string of the molecule is COc1ccc(NC(=O)NC[C@H](c2ccsc2)N(C)C)cn1. The van der Waals surface area contributed by atoms with E-state index in [1.807, 2.05) is 19.5 Å². The molecule has 2 N–H and O–H groups in total. The zero-order valence-electron chi connectivity index (χ0n) is 12.9. The normalized spacial score (nSPS) is 12.0. The second-order valence-electron chi connectivity index (χ2n) is 4.96. The van der Waals surface area contributed by atoms with Crippen molar-refractivity contribution >= 4 is 23.1 Å². The van der Waals surface area contributed by atoms with E-state index in [0.29, 0.717) is 18.1 Å². The predicted molar refractivity (Wildman–Crippen MR) is 88.6 cm³/mol. The zero-order valence-corrected chi connectivity index (χ0v) is 13.7. The van der Waals surface area contributed by atoms with Crippen LogP contribution in [-0.2, 0) is 0 Å². The highest BCUT2D eigenvalue weighted by molar-refractivity contribution is 7.07. The summed E-state index contributed by atoms with van der Waals surface area (Å²) in [5.41, 5.74) is 1.82. The number of anilines is 1. The van der Waals surface area contributed by atoms with Gasteiger partial charge < -0.3 is 20.3 Å². The summed E-state index contributed by atoms with van der Waals surface area (Å²) in [5.74, 6) is 0.510. The van der Waals surface area contributed by atoms with Crippen molar-refractivity contribution in [3.63, 3.8) is 0 Å². The number of amides is 2. The number of carbonyl (C=O) groups excluding carboxylic acids is 1. The topological polar surface area (TPSA) is 66.5 Å². The molecular formula is C15H20N4O2S. The minimum absolute atomic E-state index is 0.144. The molecule has 118 valence electrons. The molecule has 0 aromatic carbocycles. The number of rotatable bonds is 6. The van der Waals surface area contributed by atoms with Gasteiger partial charge in [0, 0.05) is 12.6 Å². The van der Waals surface area contributed by atoms with E-state index in [4.69, 9.17) is 4.74 Å². The van der Waals surface area contributed by atoms with Gasteiger partial charge in [-0.15, -0.1) is 0 Å². The molecule has 0 saturated heterocycles. The van der Waals surface area contributed by atoms with E-state index in [9.17, 15) is 4.79 Å². The van der Waals surface area contributed by atoms with Gasteiger partial charge in [0.05, 0.1) is 25.0 Å². The summed E-state index contributed by atoms with van der Waals surface area (Å²) >= 11 is 1.65. The molecular weight excluding hydrogens is 300 g/mol. The number of urea groups is 1. The van der Waals surface area contributed by atoms with Crippen molar-refractivity contribution in [3.8, 4) is 5.88 Å². The molecule has 2 aromatic rings. The van der Waals surface area contributed by atoms with Gasteiger partial charge in [-0.3, -0.25) is 0 Å². The smallest absolute Gasteiger partial charge is 0.319 e. The number of likely N-dealkylation sites (N-methyl/N-ethyl adjacent to an activating group) is 1. The van der Waals surface area contributed by atoms with Crippen molar-refractivity contribution in [2.45, 2.75) is 6.04 Å². The highest BCUT2D eigenvalue weighted by atomic mass is 32.1. The molecule has 7 heteroatoms. The predicted octanol–water partition coefficient (Wildman–Crippen LogP) is 2.58. The molecule has 22 heavy (non-hydrogen) atoms. The molecule has 0 radical (unpaired) electrons. The van der Waals surface area contributed by atoms with Crippen LogP contribution in [0.3, 0.4) is 0 Å². The Hall–Kier alpha value is -2.12. The summed E-state index contributed by atoms with van der Waals surface area (Å²) in [4.78, 5) is 18.1. The van der Waals surface area contributed by atoms with E-state index in [1.54, 1.807) is 36.8 Å². The largest absolute Gasteiger partial charge is 0.481 e. The van der Waals surface area contributed by atoms with Crippen LogP contribution in [0.25, 0.3) is 0 Å². The van der Waals surface area contributed by atoms with E-state index >= 15 is 0 Å². The van der Waals surface area contributed by atoms with E-state index in [1.165, 1.54) is 5.56 Å². The van der Waals surface area contributed by atoms with Crippen LogP contribution in [0.4, 0.5) is 10.5 Å². The molecule has 2 rings (SSSR count). The van der Waals surface area contributed by atoms with Crippen molar-refractivity contribution in [1.29, 1.82) is 0 Å². The van der Waals surface area contributed by atoms with Crippen LogP contribution in [0.2, 0.25) is 0 Å². The summed E-state index contributed by atoms with van der Waals surface area (Å²) in [6.07, 6.45) is 1.56. The zero-order chi connectivity index (χ0) is 15.9. The minimum atomic E-state index is -0.256. The molecule has 0 spiro atoms. The molecule has 0 bridgehead atoms. The lowest BCUT2D eigenvalue weighted by atomic mass is 10.1. The van der Waals surface area contributed by atoms with Crippen LogP contribution < -0.4 is 15.4 Å². The van der Waals surface area contributed by atoms with E-state index in [-0.39, 0.29) is 12.1 Å².